The summed E-state index contributed by atoms with van der Waals surface area (Å²) in [5.41, 5.74) is 1.24. The summed E-state index contributed by atoms with van der Waals surface area (Å²) in [6.07, 6.45) is 12.5. The van der Waals surface area contributed by atoms with Gasteiger partial charge in [-0.05, 0) is 51.9 Å². The maximum Gasteiger partial charge on any atom is 0.305 e. The molecule has 0 aromatic rings. The SMILES string of the molecule is COC(=O)CCCC=CC[C@@H]1[C@@H](C=C[C@@H](O)CCC=C(C)C)[C@H](O)C[C@@H]1O. The zero-order chi connectivity index (χ0) is 20.2. The predicted octanol–water partition coefficient (Wildman–Crippen LogP) is 3.30. The second-order valence-corrected chi connectivity index (χ2v) is 7.60. The summed E-state index contributed by atoms with van der Waals surface area (Å²) >= 11 is 0. The Bertz CT molecular complexity index is 519. The van der Waals surface area contributed by atoms with Crippen molar-refractivity contribution in [3.05, 3.63) is 36.0 Å². The minimum atomic E-state index is -0.584. The summed E-state index contributed by atoms with van der Waals surface area (Å²) in [5.74, 6) is -0.415. The van der Waals surface area contributed by atoms with Gasteiger partial charge in [0.05, 0.1) is 25.4 Å². The number of esters is 1. The van der Waals surface area contributed by atoms with Gasteiger partial charge in [0.1, 0.15) is 0 Å². The average Bonchev–Trinajstić information content (AvgIpc) is 2.88. The number of aliphatic hydroxyl groups excluding tert-OH is 3. The summed E-state index contributed by atoms with van der Waals surface area (Å²) in [6.45, 7) is 4.07. The molecule has 0 heterocycles. The third-order valence-electron chi connectivity index (χ3n) is 5.04. The quantitative estimate of drug-likeness (QED) is 0.291. The van der Waals surface area contributed by atoms with Crippen molar-refractivity contribution in [2.75, 3.05) is 7.11 Å². The van der Waals surface area contributed by atoms with Crippen molar-refractivity contribution >= 4 is 5.97 Å². The van der Waals surface area contributed by atoms with Crippen molar-refractivity contribution in [2.45, 2.75) is 77.1 Å². The van der Waals surface area contributed by atoms with E-state index in [1.54, 1.807) is 6.08 Å². The second kappa shape index (κ2) is 12.9. The van der Waals surface area contributed by atoms with E-state index in [0.717, 1.165) is 19.3 Å². The number of rotatable bonds is 11. The van der Waals surface area contributed by atoms with Crippen LogP contribution in [0.5, 0.6) is 0 Å². The molecular formula is C22H36O5. The number of carbonyl (C=O) groups excluding carboxylic acids is 1. The van der Waals surface area contributed by atoms with E-state index in [4.69, 9.17) is 0 Å². The van der Waals surface area contributed by atoms with Crippen LogP contribution in [-0.2, 0) is 9.53 Å². The van der Waals surface area contributed by atoms with Crippen LogP contribution in [0.15, 0.2) is 36.0 Å². The predicted molar refractivity (Wildman–Crippen MR) is 107 cm³/mol. The normalized spacial score (nSPS) is 26.6. The zero-order valence-corrected chi connectivity index (χ0v) is 16.9. The standard InChI is InChI=1S/C22H36O5/c1-16(2)9-8-10-17(23)13-14-19-18(20(24)15-21(19)25)11-6-4-5-7-12-22(26)27-3/h4,6,9,13-14,17-21,23-25H,5,7-8,10-12,15H2,1-3H3/t17-,18+,19+,20-,21+/m0/s1. The van der Waals surface area contributed by atoms with Crippen LogP contribution in [0.25, 0.3) is 0 Å². The number of carbonyl (C=O) groups is 1. The smallest absolute Gasteiger partial charge is 0.305 e. The number of aliphatic hydroxyl groups is 3. The van der Waals surface area contributed by atoms with Crippen LogP contribution in [-0.4, -0.2) is 46.7 Å². The Balaban J connectivity index is 2.48. The molecule has 3 N–H and O–H groups in total. The zero-order valence-electron chi connectivity index (χ0n) is 16.9. The lowest BCUT2D eigenvalue weighted by molar-refractivity contribution is -0.140. The van der Waals surface area contributed by atoms with Gasteiger partial charge in [-0.25, -0.2) is 0 Å². The lowest BCUT2D eigenvalue weighted by Crippen LogP contribution is -2.20. The molecule has 0 aromatic carbocycles. The maximum absolute atomic E-state index is 11.1. The highest BCUT2D eigenvalue weighted by Gasteiger charge is 2.39. The van der Waals surface area contributed by atoms with E-state index in [1.165, 1.54) is 12.7 Å². The fourth-order valence-corrected chi connectivity index (χ4v) is 3.44. The largest absolute Gasteiger partial charge is 0.469 e. The monoisotopic (exact) mass is 380 g/mol. The van der Waals surface area contributed by atoms with Crippen molar-refractivity contribution in [1.82, 2.24) is 0 Å². The third kappa shape index (κ3) is 9.36. The highest BCUT2D eigenvalue weighted by molar-refractivity contribution is 5.69. The third-order valence-corrected chi connectivity index (χ3v) is 5.04. The highest BCUT2D eigenvalue weighted by atomic mass is 16.5. The molecule has 0 spiro atoms. The number of allylic oxidation sites excluding steroid dienone is 4. The van der Waals surface area contributed by atoms with Crippen LogP contribution in [0.2, 0.25) is 0 Å². The molecule has 5 nitrogen and oxygen atoms in total. The van der Waals surface area contributed by atoms with Crippen molar-refractivity contribution in [3.63, 3.8) is 0 Å². The molecular weight excluding hydrogens is 344 g/mol. The molecule has 1 saturated carbocycles. The lowest BCUT2D eigenvalue weighted by Gasteiger charge is -2.19. The summed E-state index contributed by atoms with van der Waals surface area (Å²) in [4.78, 5) is 11.1. The number of methoxy groups -OCH3 is 1. The van der Waals surface area contributed by atoms with Crippen molar-refractivity contribution in [2.24, 2.45) is 11.8 Å². The summed E-state index contributed by atoms with van der Waals surface area (Å²) in [7, 11) is 1.39. The Morgan fingerprint density at radius 1 is 1.19 bits per heavy atom. The average molecular weight is 381 g/mol. The fourth-order valence-electron chi connectivity index (χ4n) is 3.44. The Kier molecular flexibility index (Phi) is 11.3. The van der Waals surface area contributed by atoms with Gasteiger partial charge in [0.25, 0.3) is 0 Å². The van der Waals surface area contributed by atoms with Gasteiger partial charge in [-0.2, -0.15) is 0 Å². The molecule has 0 unspecified atom stereocenters. The molecule has 1 aliphatic carbocycles. The first-order valence-corrected chi connectivity index (χ1v) is 9.92. The van der Waals surface area contributed by atoms with E-state index in [9.17, 15) is 20.1 Å². The number of ether oxygens (including phenoxy) is 1. The van der Waals surface area contributed by atoms with Gasteiger partial charge in [-0.3, -0.25) is 4.79 Å². The van der Waals surface area contributed by atoms with E-state index < -0.39 is 18.3 Å². The first-order valence-electron chi connectivity index (χ1n) is 9.92. The van der Waals surface area contributed by atoms with E-state index in [-0.39, 0.29) is 17.8 Å². The van der Waals surface area contributed by atoms with Gasteiger partial charge in [0.2, 0.25) is 0 Å². The summed E-state index contributed by atoms with van der Waals surface area (Å²) in [6, 6.07) is 0. The molecule has 154 valence electrons. The first kappa shape index (κ1) is 23.6. The summed E-state index contributed by atoms with van der Waals surface area (Å²) in [5, 5.41) is 30.6. The molecule has 5 atom stereocenters. The molecule has 1 aliphatic rings. The molecule has 0 radical (unpaired) electrons. The minimum absolute atomic E-state index is 0.0573. The number of unbranched alkanes of at least 4 members (excludes halogenated alkanes) is 1. The first-order chi connectivity index (χ1) is 12.8. The molecule has 0 aromatic heterocycles. The lowest BCUT2D eigenvalue weighted by atomic mass is 9.89. The van der Waals surface area contributed by atoms with Gasteiger partial charge in [-0.1, -0.05) is 36.0 Å². The van der Waals surface area contributed by atoms with E-state index in [1.807, 2.05) is 32.1 Å². The van der Waals surface area contributed by atoms with Crippen molar-refractivity contribution in [1.29, 1.82) is 0 Å². The number of hydrogen-bond acceptors (Lipinski definition) is 5. The van der Waals surface area contributed by atoms with Gasteiger partial charge in [-0.15, -0.1) is 0 Å². The van der Waals surface area contributed by atoms with Gasteiger partial charge >= 0.3 is 5.97 Å². The minimum Gasteiger partial charge on any atom is -0.469 e. The number of hydrogen-bond donors (Lipinski definition) is 3. The molecule has 1 fully saturated rings. The van der Waals surface area contributed by atoms with Crippen LogP contribution in [0.1, 0.15) is 58.8 Å². The van der Waals surface area contributed by atoms with Crippen molar-refractivity contribution in [3.8, 4) is 0 Å². The van der Waals surface area contributed by atoms with Crippen LogP contribution in [0.3, 0.4) is 0 Å². The molecule has 5 heteroatoms. The molecule has 0 aliphatic heterocycles. The molecule has 1 rings (SSSR count). The molecule has 0 amide bonds. The Morgan fingerprint density at radius 2 is 1.93 bits per heavy atom. The van der Waals surface area contributed by atoms with E-state index in [0.29, 0.717) is 25.7 Å². The Morgan fingerprint density at radius 3 is 2.59 bits per heavy atom. The fraction of sp³-hybridized carbons (Fsp3) is 0.682. The second-order valence-electron chi connectivity index (χ2n) is 7.60. The topological polar surface area (TPSA) is 87.0 Å². The molecule has 27 heavy (non-hydrogen) atoms. The summed E-state index contributed by atoms with van der Waals surface area (Å²) < 4.78 is 4.61. The van der Waals surface area contributed by atoms with Crippen LogP contribution < -0.4 is 0 Å². The van der Waals surface area contributed by atoms with Gasteiger partial charge in [0.15, 0.2) is 0 Å². The molecule has 0 saturated heterocycles. The van der Waals surface area contributed by atoms with Crippen molar-refractivity contribution < 1.29 is 24.9 Å². The Hall–Kier alpha value is -1.43. The van der Waals surface area contributed by atoms with Gasteiger partial charge < -0.3 is 20.1 Å². The van der Waals surface area contributed by atoms with E-state index >= 15 is 0 Å². The van der Waals surface area contributed by atoms with E-state index in [2.05, 4.69) is 10.8 Å². The highest BCUT2D eigenvalue weighted by Crippen LogP contribution is 2.36. The Labute approximate surface area is 163 Å². The van der Waals surface area contributed by atoms with Crippen LogP contribution in [0.4, 0.5) is 0 Å². The van der Waals surface area contributed by atoms with Gasteiger partial charge in [0, 0.05) is 18.8 Å². The molecule has 0 bridgehead atoms. The maximum atomic E-state index is 11.1. The van der Waals surface area contributed by atoms with Crippen LogP contribution in [0, 0.1) is 11.8 Å². The van der Waals surface area contributed by atoms with Crippen LogP contribution >= 0.6 is 0 Å².